The molecule has 0 saturated heterocycles. The molecule has 0 bridgehead atoms. The molecule has 0 radical (unpaired) electrons. The predicted molar refractivity (Wildman–Crippen MR) is 279 cm³/mol. The molecule has 6 atom stereocenters. The van der Waals surface area contributed by atoms with Crippen molar-refractivity contribution in [3.8, 4) is 17.2 Å². The number of nitro benzene ring substituents is 2. The van der Waals surface area contributed by atoms with Gasteiger partial charge >= 0.3 is 0 Å². The number of nitro groups is 2. The van der Waals surface area contributed by atoms with Crippen LogP contribution in [0.2, 0.25) is 0 Å². The number of non-ortho nitro benzene ring substituents is 2. The Balaban J connectivity index is 1.31. The van der Waals surface area contributed by atoms with Crippen molar-refractivity contribution in [1.82, 2.24) is 4.90 Å². The van der Waals surface area contributed by atoms with Gasteiger partial charge in [-0.05, 0) is 126 Å². The van der Waals surface area contributed by atoms with E-state index in [2.05, 4.69) is 12.7 Å². The summed E-state index contributed by atoms with van der Waals surface area (Å²) in [4.78, 5) is 44.8. The van der Waals surface area contributed by atoms with Crippen LogP contribution in [0, 0.1) is 38.0 Å². The number of nitrogens with zero attached hydrogens (tertiary/aromatic N) is 4. The Labute approximate surface area is 429 Å². The predicted octanol–water partition coefficient (Wildman–Crippen LogP) is 9.83. The Hall–Kier alpha value is -7.28. The van der Waals surface area contributed by atoms with E-state index in [-0.39, 0.29) is 88.3 Å². The maximum Gasteiger partial charge on any atom is 0.269 e. The van der Waals surface area contributed by atoms with Gasteiger partial charge in [-0.1, -0.05) is 60.5 Å². The number of aliphatic hydroxyl groups is 3. The van der Waals surface area contributed by atoms with E-state index in [9.17, 15) is 35.5 Å². The van der Waals surface area contributed by atoms with Crippen molar-refractivity contribution in [1.29, 1.82) is 0 Å². The largest absolute Gasteiger partial charge is 0.459 e. The van der Waals surface area contributed by atoms with E-state index in [4.69, 9.17) is 28.9 Å². The van der Waals surface area contributed by atoms with Crippen molar-refractivity contribution in [2.45, 2.75) is 69.3 Å². The molecular formula is C57H62N4O13. The topological polar surface area (TPSA) is 226 Å². The van der Waals surface area contributed by atoms with E-state index >= 15 is 4.79 Å². The molecule has 17 nitrogen and oxygen atoms in total. The third-order valence-corrected chi connectivity index (χ3v) is 14.0. The summed E-state index contributed by atoms with van der Waals surface area (Å²) in [6.45, 7) is 3.88. The van der Waals surface area contributed by atoms with E-state index in [1.807, 2.05) is 60.7 Å². The van der Waals surface area contributed by atoms with Crippen molar-refractivity contribution >= 4 is 39.8 Å². The summed E-state index contributed by atoms with van der Waals surface area (Å²) in [7, 11) is 0. The number of rotatable bonds is 26. The highest BCUT2D eigenvalue weighted by Gasteiger charge is 2.65. The monoisotopic (exact) mass is 1010 g/mol. The van der Waals surface area contributed by atoms with Gasteiger partial charge in [0.2, 0.25) is 11.7 Å². The number of unbranched alkanes of at least 4 members (excludes halogenated alkanes) is 2. The first-order chi connectivity index (χ1) is 36.1. The molecular weight excluding hydrogens is 949 g/mol. The zero-order valence-electron chi connectivity index (χ0n) is 41.1. The lowest BCUT2D eigenvalue weighted by Crippen LogP contribution is -2.70. The maximum absolute atomic E-state index is 15.1. The van der Waals surface area contributed by atoms with Gasteiger partial charge in [-0.2, -0.15) is 0 Å². The molecule has 1 saturated carbocycles. The second-order valence-corrected chi connectivity index (χ2v) is 18.6. The van der Waals surface area contributed by atoms with Crippen molar-refractivity contribution in [2.24, 2.45) is 22.9 Å². The van der Waals surface area contributed by atoms with Gasteiger partial charge in [0.25, 0.3) is 11.4 Å². The van der Waals surface area contributed by atoms with Crippen molar-refractivity contribution in [3.63, 3.8) is 0 Å². The van der Waals surface area contributed by atoms with Crippen LogP contribution in [0.1, 0.15) is 67.6 Å². The molecule has 0 aromatic heterocycles. The van der Waals surface area contributed by atoms with Crippen molar-refractivity contribution < 1.29 is 53.7 Å². The average Bonchev–Trinajstić information content (AvgIpc) is 3.45. The minimum atomic E-state index is -1.62. The van der Waals surface area contributed by atoms with Gasteiger partial charge in [0.15, 0.2) is 0 Å². The van der Waals surface area contributed by atoms with Crippen LogP contribution >= 0.6 is 0 Å². The number of benzene rings is 5. The number of carbonyl (C=O) groups excluding carboxylic acids is 1. The first-order valence-electron chi connectivity index (χ1n) is 25.1. The van der Waals surface area contributed by atoms with Crippen LogP contribution in [-0.4, -0.2) is 99.7 Å². The van der Waals surface area contributed by atoms with Gasteiger partial charge in [-0.15, -0.1) is 6.58 Å². The molecule has 3 N–H and O–H groups in total. The Morgan fingerprint density at radius 1 is 0.824 bits per heavy atom. The molecule has 1 amide bonds. The summed E-state index contributed by atoms with van der Waals surface area (Å²) < 4.78 is 27.0. The third-order valence-electron chi connectivity index (χ3n) is 14.0. The number of carbonyl (C=O) groups is 1. The van der Waals surface area contributed by atoms with E-state index < -0.39 is 33.5 Å². The minimum absolute atomic E-state index is 0.0130. The average molecular weight is 1010 g/mol. The molecule has 1 heterocycles. The van der Waals surface area contributed by atoms with Crippen LogP contribution in [0.3, 0.4) is 0 Å². The van der Waals surface area contributed by atoms with Crippen LogP contribution in [0.4, 0.5) is 11.4 Å². The number of amides is 1. The first kappa shape index (κ1) is 53.0. The van der Waals surface area contributed by atoms with E-state index in [1.165, 1.54) is 30.3 Å². The molecule has 388 valence electrons. The van der Waals surface area contributed by atoms with Crippen LogP contribution in [0.15, 0.2) is 145 Å². The van der Waals surface area contributed by atoms with Crippen molar-refractivity contribution in [3.05, 3.63) is 176 Å². The number of ether oxygens (including phenoxy) is 4. The third kappa shape index (κ3) is 12.2. The zero-order valence-corrected chi connectivity index (χ0v) is 41.1. The number of allylic oxidation sites excluding steroid dienone is 1. The summed E-state index contributed by atoms with van der Waals surface area (Å²) in [6, 6.07) is 30.6. The zero-order chi connectivity index (χ0) is 52.0. The highest BCUT2D eigenvalue weighted by Crippen LogP contribution is 2.62. The molecule has 1 aliphatic heterocycles. The maximum atomic E-state index is 15.1. The molecule has 5 aromatic rings. The normalized spacial score (nSPS) is 21.3. The molecule has 17 heteroatoms. The van der Waals surface area contributed by atoms with E-state index in [1.54, 1.807) is 41.3 Å². The fourth-order valence-electron chi connectivity index (χ4n) is 10.7. The SMILES string of the molecule is C=CCO[C@@]12Oc3ccc(Oc4ccc5ccccc5c4)cc3[C@H]3[C@H](CCCCO)[C@@H](CCCCO)C=C(C(=NOCc4ccc([N+](=O)[O-])cc4)C[C@@H]1N(CCOCCO)C(=O)C=Cc1ccc([N+](=O)[O-])cc1)[C@H]32. The molecule has 3 aliphatic rings. The highest BCUT2D eigenvalue weighted by molar-refractivity contribution is 6.03. The van der Waals surface area contributed by atoms with Gasteiger partial charge in [0, 0.05) is 68.0 Å². The highest BCUT2D eigenvalue weighted by atomic mass is 16.7. The number of hydrogen-bond donors (Lipinski definition) is 3. The van der Waals surface area contributed by atoms with E-state index in [0.717, 1.165) is 34.8 Å². The van der Waals surface area contributed by atoms with Crippen LogP contribution in [-0.2, 0) is 25.7 Å². The minimum Gasteiger partial charge on any atom is -0.459 e. The number of fused-ring (bicyclic) bond motifs is 3. The molecule has 2 aliphatic carbocycles. The second-order valence-electron chi connectivity index (χ2n) is 18.6. The lowest BCUT2D eigenvalue weighted by atomic mass is 9.55. The van der Waals surface area contributed by atoms with Crippen LogP contribution in [0.5, 0.6) is 17.2 Å². The molecule has 74 heavy (non-hydrogen) atoms. The summed E-state index contributed by atoms with van der Waals surface area (Å²) in [6.07, 6.45) is 10.9. The fraction of sp³-hybridized carbons (Fsp3) is 0.368. The smallest absolute Gasteiger partial charge is 0.269 e. The molecule has 8 rings (SSSR count). The summed E-state index contributed by atoms with van der Waals surface area (Å²) in [5, 5.41) is 59.7. The number of hydrogen-bond acceptors (Lipinski definition) is 14. The standard InChI is InChI=1S/C57H62N4O13/c1-2-31-71-57-53(59(27-32-70-33-30-64)54(65)26-17-39-13-19-44(20-14-39)60(66)67)37-51(58-72-38-40-15-21-45(22-16-40)61(68)69)49-35-43(11-5-7-28-62)48(12-6-8-29-63)55(56(49)57)50-36-47(24-25-52(50)74-57)73-46-23-18-41-9-3-4-10-42(41)34-46/h2-4,9-10,13-26,34-36,43,48,53,55-56,62-64H,1,5-8,11-12,27-33,37-38H2/t43-,48+,53-,55+,56+,57+/m0/s1. The Morgan fingerprint density at radius 2 is 1.51 bits per heavy atom. The van der Waals surface area contributed by atoms with Gasteiger partial charge in [0.05, 0.1) is 47.9 Å². The Bertz CT molecular complexity index is 2850. The van der Waals surface area contributed by atoms with Crippen LogP contribution < -0.4 is 9.47 Å². The molecule has 1 fully saturated rings. The van der Waals surface area contributed by atoms with Crippen molar-refractivity contribution in [2.75, 3.05) is 46.2 Å². The summed E-state index contributed by atoms with van der Waals surface area (Å²) >= 11 is 0. The first-order valence-corrected chi connectivity index (χ1v) is 25.1. The lowest BCUT2D eigenvalue weighted by molar-refractivity contribution is -0.385. The quantitative estimate of drug-likeness (QED) is 0.0154. The Kier molecular flexibility index (Phi) is 18.0. The second kappa shape index (κ2) is 25.1. The molecule has 0 unspecified atom stereocenters. The lowest BCUT2D eigenvalue weighted by Gasteiger charge is -2.60. The van der Waals surface area contributed by atoms with Gasteiger partial charge in [-0.25, -0.2) is 0 Å². The van der Waals surface area contributed by atoms with Crippen LogP contribution in [0.25, 0.3) is 16.8 Å². The summed E-state index contributed by atoms with van der Waals surface area (Å²) in [5.41, 5.74) is 3.19. The number of oxime groups is 1. The van der Waals surface area contributed by atoms with Gasteiger partial charge in [-0.3, -0.25) is 25.0 Å². The number of aliphatic hydroxyl groups excluding tert-OH is 3. The molecule has 0 spiro atoms. The molecule has 5 aromatic carbocycles. The van der Waals surface area contributed by atoms with E-state index in [0.29, 0.717) is 59.8 Å². The van der Waals surface area contributed by atoms with Gasteiger partial charge in [0.1, 0.15) is 29.9 Å². The Morgan fingerprint density at radius 3 is 2.22 bits per heavy atom. The van der Waals surface area contributed by atoms with Gasteiger partial charge < -0.3 is 44.0 Å². The summed E-state index contributed by atoms with van der Waals surface area (Å²) in [5.74, 6) is -1.51. The fourth-order valence-corrected chi connectivity index (χ4v) is 10.7.